The minimum atomic E-state index is -0.0545. The number of anilines is 3. The van der Waals surface area contributed by atoms with Crippen LogP contribution in [0.5, 0.6) is 0 Å². The van der Waals surface area contributed by atoms with Gasteiger partial charge in [-0.3, -0.25) is 4.79 Å². The van der Waals surface area contributed by atoms with Gasteiger partial charge >= 0.3 is 0 Å². The monoisotopic (exact) mass is 298 g/mol. The lowest BCUT2D eigenvalue weighted by Crippen LogP contribution is -2.17. The fraction of sp³-hybridized carbons (Fsp3) is 0.294. The van der Waals surface area contributed by atoms with Crippen LogP contribution in [-0.2, 0) is 4.79 Å². The quantitative estimate of drug-likeness (QED) is 0.824. The molecule has 0 radical (unpaired) electrons. The average molecular weight is 298 g/mol. The molecule has 0 spiro atoms. The number of nitrogens with zero attached hydrogens (tertiary/aromatic N) is 2. The fourth-order valence-corrected chi connectivity index (χ4v) is 2.21. The van der Waals surface area contributed by atoms with Crippen LogP contribution >= 0.6 is 0 Å². The number of benzene rings is 1. The van der Waals surface area contributed by atoms with E-state index in [9.17, 15) is 4.79 Å². The summed E-state index contributed by atoms with van der Waals surface area (Å²) < 4.78 is 0. The number of nitrogens with two attached hydrogens (primary N) is 1. The van der Waals surface area contributed by atoms with Crippen LogP contribution in [0.3, 0.4) is 0 Å². The van der Waals surface area contributed by atoms with Gasteiger partial charge in [0.2, 0.25) is 5.91 Å². The fourth-order valence-electron chi connectivity index (χ4n) is 2.21. The van der Waals surface area contributed by atoms with Gasteiger partial charge < -0.3 is 16.0 Å². The van der Waals surface area contributed by atoms with Crippen LogP contribution in [0.25, 0.3) is 0 Å². The number of rotatable bonds is 7. The largest absolute Gasteiger partial charge is 0.341 e. The highest BCUT2D eigenvalue weighted by atomic mass is 16.1. The molecule has 0 aliphatic heterocycles. The lowest BCUT2D eigenvalue weighted by Gasteiger charge is -2.23. The highest BCUT2D eigenvalue weighted by Gasteiger charge is 2.08. The number of pyridine rings is 1. The van der Waals surface area contributed by atoms with Crippen molar-refractivity contribution < 1.29 is 4.79 Å². The maximum absolute atomic E-state index is 11.7. The topological polar surface area (TPSA) is 71.2 Å². The molecule has 0 aliphatic rings. The Balaban J connectivity index is 2.06. The van der Waals surface area contributed by atoms with E-state index in [2.05, 4.69) is 34.3 Å². The zero-order chi connectivity index (χ0) is 15.8. The second-order valence-corrected chi connectivity index (χ2v) is 4.92. The molecule has 5 heteroatoms. The van der Waals surface area contributed by atoms with E-state index in [-0.39, 0.29) is 5.91 Å². The Morgan fingerprint density at radius 2 is 1.95 bits per heavy atom. The third-order valence-corrected chi connectivity index (χ3v) is 3.32. The molecule has 0 saturated carbocycles. The van der Waals surface area contributed by atoms with E-state index in [4.69, 9.17) is 5.73 Å². The first-order chi connectivity index (χ1) is 10.7. The van der Waals surface area contributed by atoms with Gasteiger partial charge in [-0.25, -0.2) is 4.98 Å². The summed E-state index contributed by atoms with van der Waals surface area (Å²) in [7, 11) is 0. The molecule has 116 valence electrons. The molecule has 0 bridgehead atoms. The van der Waals surface area contributed by atoms with E-state index in [1.807, 2.05) is 30.3 Å². The molecule has 0 saturated heterocycles. The van der Waals surface area contributed by atoms with Crippen molar-refractivity contribution in [3.63, 3.8) is 0 Å². The van der Waals surface area contributed by atoms with E-state index >= 15 is 0 Å². The van der Waals surface area contributed by atoms with Crippen molar-refractivity contribution >= 4 is 23.1 Å². The smallest absolute Gasteiger partial charge is 0.225 e. The normalized spacial score (nSPS) is 10.3. The van der Waals surface area contributed by atoms with E-state index < -0.39 is 0 Å². The standard InChI is InChI=1S/C17H22N4O/c1-2-21(14-7-4-3-5-8-14)15-10-11-16(19-13-15)20-17(22)9-6-12-18/h3-5,7-8,10-11,13H,2,6,9,12,18H2,1H3,(H,19,20,22). The second-order valence-electron chi connectivity index (χ2n) is 4.92. The summed E-state index contributed by atoms with van der Waals surface area (Å²) in [5.41, 5.74) is 7.50. The van der Waals surface area contributed by atoms with Gasteiger partial charge in [-0.1, -0.05) is 18.2 Å². The summed E-state index contributed by atoms with van der Waals surface area (Å²) in [5, 5.41) is 2.78. The molecule has 2 aromatic rings. The Morgan fingerprint density at radius 1 is 1.18 bits per heavy atom. The highest BCUT2D eigenvalue weighted by Crippen LogP contribution is 2.24. The lowest BCUT2D eigenvalue weighted by atomic mass is 10.2. The van der Waals surface area contributed by atoms with Crippen LogP contribution in [0.2, 0.25) is 0 Å². The van der Waals surface area contributed by atoms with Gasteiger partial charge in [0.1, 0.15) is 5.82 Å². The summed E-state index contributed by atoms with van der Waals surface area (Å²) in [6.45, 7) is 3.45. The predicted octanol–water partition coefficient (Wildman–Crippen LogP) is 2.92. The zero-order valence-corrected chi connectivity index (χ0v) is 12.8. The van der Waals surface area contributed by atoms with E-state index in [0.717, 1.165) is 17.9 Å². The third kappa shape index (κ3) is 4.30. The first-order valence-corrected chi connectivity index (χ1v) is 7.53. The van der Waals surface area contributed by atoms with E-state index in [1.54, 1.807) is 6.20 Å². The number of hydrogen-bond donors (Lipinski definition) is 2. The predicted molar refractivity (Wildman–Crippen MR) is 90.3 cm³/mol. The van der Waals surface area contributed by atoms with Crippen LogP contribution in [0, 0.1) is 0 Å². The molecule has 0 fully saturated rings. The third-order valence-electron chi connectivity index (χ3n) is 3.32. The molecule has 0 unspecified atom stereocenters. The summed E-state index contributed by atoms with van der Waals surface area (Å²) in [4.78, 5) is 18.1. The van der Waals surface area contributed by atoms with Gasteiger partial charge in [0.25, 0.3) is 0 Å². The molecule has 1 aromatic carbocycles. The number of carbonyl (C=O) groups excluding carboxylic acids is 1. The van der Waals surface area contributed by atoms with Crippen LogP contribution in [0.1, 0.15) is 19.8 Å². The molecule has 1 amide bonds. The molecular weight excluding hydrogens is 276 g/mol. The molecule has 0 aliphatic carbocycles. The summed E-state index contributed by atoms with van der Waals surface area (Å²) in [5.74, 6) is 0.510. The Hall–Kier alpha value is -2.40. The van der Waals surface area contributed by atoms with Crippen LogP contribution in [0.15, 0.2) is 48.7 Å². The first-order valence-electron chi connectivity index (χ1n) is 7.53. The Morgan fingerprint density at radius 3 is 2.55 bits per heavy atom. The maximum atomic E-state index is 11.7. The number of aromatic nitrogens is 1. The van der Waals surface area contributed by atoms with Crippen molar-refractivity contribution in [2.75, 3.05) is 23.3 Å². The van der Waals surface area contributed by atoms with Crippen LogP contribution in [0.4, 0.5) is 17.2 Å². The molecule has 1 heterocycles. The van der Waals surface area contributed by atoms with E-state index in [1.165, 1.54) is 0 Å². The number of nitrogens with one attached hydrogen (secondary N) is 1. The summed E-state index contributed by atoms with van der Waals surface area (Å²) >= 11 is 0. The first kappa shape index (κ1) is 16.0. The number of carbonyl (C=O) groups is 1. The number of para-hydroxylation sites is 1. The molecule has 0 atom stereocenters. The van der Waals surface area contributed by atoms with Gasteiger partial charge in [-0.05, 0) is 44.2 Å². The second kappa shape index (κ2) is 8.14. The molecular formula is C17H22N4O. The van der Waals surface area contributed by atoms with Crippen LogP contribution < -0.4 is 16.0 Å². The molecule has 3 N–H and O–H groups in total. The summed E-state index contributed by atoms with van der Waals surface area (Å²) in [6.07, 6.45) is 2.88. The van der Waals surface area contributed by atoms with Gasteiger partial charge in [0.05, 0.1) is 11.9 Å². The van der Waals surface area contributed by atoms with Crippen molar-refractivity contribution in [3.05, 3.63) is 48.7 Å². The molecule has 2 rings (SSSR count). The SMILES string of the molecule is CCN(c1ccccc1)c1ccc(NC(=O)CCCN)nc1. The van der Waals surface area contributed by atoms with Crippen molar-refractivity contribution in [2.24, 2.45) is 5.73 Å². The van der Waals surface area contributed by atoms with Gasteiger partial charge in [-0.15, -0.1) is 0 Å². The van der Waals surface area contributed by atoms with Crippen LogP contribution in [-0.4, -0.2) is 24.0 Å². The van der Waals surface area contributed by atoms with Gasteiger partial charge in [0, 0.05) is 18.7 Å². The molecule has 5 nitrogen and oxygen atoms in total. The van der Waals surface area contributed by atoms with Crippen molar-refractivity contribution in [2.45, 2.75) is 19.8 Å². The Kier molecular flexibility index (Phi) is 5.91. The lowest BCUT2D eigenvalue weighted by molar-refractivity contribution is -0.116. The number of hydrogen-bond acceptors (Lipinski definition) is 4. The van der Waals surface area contributed by atoms with Crippen molar-refractivity contribution in [3.8, 4) is 0 Å². The highest BCUT2D eigenvalue weighted by molar-refractivity contribution is 5.89. The van der Waals surface area contributed by atoms with E-state index in [0.29, 0.717) is 25.2 Å². The molecule has 22 heavy (non-hydrogen) atoms. The minimum Gasteiger partial charge on any atom is -0.341 e. The average Bonchev–Trinajstić information content (AvgIpc) is 2.56. The Labute approximate surface area is 131 Å². The minimum absolute atomic E-state index is 0.0545. The van der Waals surface area contributed by atoms with Crippen molar-refractivity contribution in [1.29, 1.82) is 0 Å². The maximum Gasteiger partial charge on any atom is 0.225 e. The van der Waals surface area contributed by atoms with Gasteiger partial charge in [0.15, 0.2) is 0 Å². The number of amides is 1. The Bertz CT molecular complexity index is 583. The zero-order valence-electron chi connectivity index (χ0n) is 12.8. The van der Waals surface area contributed by atoms with Crippen molar-refractivity contribution in [1.82, 2.24) is 4.98 Å². The summed E-state index contributed by atoms with van der Waals surface area (Å²) in [6, 6.07) is 13.9. The van der Waals surface area contributed by atoms with Gasteiger partial charge in [-0.2, -0.15) is 0 Å². The molecule has 1 aromatic heterocycles.